The first-order valence-corrected chi connectivity index (χ1v) is 10.8. The van der Waals surface area contributed by atoms with Crippen LogP contribution in [0.25, 0.3) is 0 Å². The van der Waals surface area contributed by atoms with Crippen molar-refractivity contribution in [3.63, 3.8) is 0 Å². The van der Waals surface area contributed by atoms with Crippen LogP contribution in [-0.2, 0) is 12.8 Å². The molecule has 2 aromatic carbocycles. The average molecular weight is 383 g/mol. The molecular weight excluding hydrogens is 348 g/mol. The van der Waals surface area contributed by atoms with Gasteiger partial charge in [-0.15, -0.1) is 0 Å². The van der Waals surface area contributed by atoms with Crippen molar-refractivity contribution >= 4 is 6.16 Å². The third-order valence-corrected chi connectivity index (χ3v) is 4.93. The number of hydrogen-bond donors (Lipinski definition) is 0. The first kappa shape index (κ1) is 22.0. The fraction of sp³-hybridized carbons (Fsp3) is 0.480. The Bertz CT molecular complexity index is 708. The van der Waals surface area contributed by atoms with Crippen LogP contribution >= 0.6 is 0 Å². The summed E-state index contributed by atoms with van der Waals surface area (Å²) in [4.78, 5) is 12.4. The van der Waals surface area contributed by atoms with Gasteiger partial charge in [-0.1, -0.05) is 88.8 Å². The van der Waals surface area contributed by atoms with Crippen LogP contribution in [0.1, 0.15) is 76.3 Å². The van der Waals surface area contributed by atoms with Gasteiger partial charge in [-0.2, -0.15) is 0 Å². The van der Waals surface area contributed by atoms with E-state index in [1.54, 1.807) is 0 Å². The van der Waals surface area contributed by atoms with Gasteiger partial charge in [0.1, 0.15) is 11.5 Å². The van der Waals surface area contributed by atoms with Crippen LogP contribution in [0.3, 0.4) is 0 Å². The van der Waals surface area contributed by atoms with Crippen molar-refractivity contribution in [2.45, 2.75) is 78.1 Å². The van der Waals surface area contributed by atoms with Crippen molar-refractivity contribution in [1.82, 2.24) is 0 Å². The highest BCUT2D eigenvalue weighted by molar-refractivity contribution is 5.68. The summed E-state index contributed by atoms with van der Waals surface area (Å²) in [6, 6.07) is 15.5. The molecule has 2 rings (SSSR count). The molecule has 0 bridgehead atoms. The summed E-state index contributed by atoms with van der Waals surface area (Å²) in [5, 5.41) is 0. The second kappa shape index (κ2) is 13.0. The highest BCUT2D eigenvalue weighted by atomic mass is 16.7. The van der Waals surface area contributed by atoms with Gasteiger partial charge in [0.15, 0.2) is 0 Å². The van der Waals surface area contributed by atoms with Crippen molar-refractivity contribution in [3.05, 3.63) is 59.7 Å². The van der Waals surface area contributed by atoms with E-state index in [2.05, 4.69) is 13.8 Å². The molecule has 0 atom stereocenters. The molecule has 0 amide bonds. The lowest BCUT2D eigenvalue weighted by atomic mass is 10.0. The van der Waals surface area contributed by atoms with Gasteiger partial charge < -0.3 is 9.47 Å². The summed E-state index contributed by atoms with van der Waals surface area (Å²) in [7, 11) is 0. The number of carbonyl (C=O) groups excluding carboxylic acids is 1. The Hall–Kier alpha value is -2.29. The molecule has 0 aliphatic rings. The second-order valence-corrected chi connectivity index (χ2v) is 7.29. The number of hydrogen-bond acceptors (Lipinski definition) is 3. The van der Waals surface area contributed by atoms with Crippen molar-refractivity contribution in [2.75, 3.05) is 0 Å². The van der Waals surface area contributed by atoms with E-state index >= 15 is 0 Å². The largest absolute Gasteiger partial charge is 0.519 e. The van der Waals surface area contributed by atoms with Crippen molar-refractivity contribution in [2.24, 2.45) is 0 Å². The maximum Gasteiger partial charge on any atom is 0.519 e. The maximum absolute atomic E-state index is 12.4. The van der Waals surface area contributed by atoms with E-state index < -0.39 is 6.16 Å². The average Bonchev–Trinajstić information content (AvgIpc) is 2.70. The van der Waals surface area contributed by atoms with Gasteiger partial charge >= 0.3 is 6.16 Å². The van der Waals surface area contributed by atoms with Gasteiger partial charge in [-0.05, 0) is 48.9 Å². The second-order valence-electron chi connectivity index (χ2n) is 7.29. The maximum atomic E-state index is 12.4. The van der Waals surface area contributed by atoms with E-state index in [-0.39, 0.29) is 0 Å². The lowest BCUT2D eigenvalue weighted by Crippen LogP contribution is -2.15. The van der Waals surface area contributed by atoms with Crippen LogP contribution in [-0.4, -0.2) is 6.16 Å². The summed E-state index contributed by atoms with van der Waals surface area (Å²) < 4.78 is 11.1. The molecule has 152 valence electrons. The molecule has 28 heavy (non-hydrogen) atoms. The van der Waals surface area contributed by atoms with Crippen LogP contribution in [0, 0.1) is 0 Å². The summed E-state index contributed by atoms with van der Waals surface area (Å²) >= 11 is 0. The molecule has 0 spiro atoms. The number of para-hydroxylation sites is 2. The lowest BCUT2D eigenvalue weighted by Gasteiger charge is -2.12. The molecule has 0 fully saturated rings. The van der Waals surface area contributed by atoms with Crippen LogP contribution in [0.15, 0.2) is 48.5 Å². The Kier molecular flexibility index (Phi) is 10.2. The Morgan fingerprint density at radius 3 is 1.61 bits per heavy atom. The Labute approximate surface area is 170 Å². The molecule has 0 heterocycles. The molecular formula is C25H34O3. The number of unbranched alkanes of at least 4 members (excludes halogenated alkanes) is 6. The van der Waals surface area contributed by atoms with Crippen LogP contribution in [0.5, 0.6) is 11.5 Å². The molecule has 0 aliphatic carbocycles. The zero-order valence-corrected chi connectivity index (χ0v) is 17.4. The molecule has 0 aromatic heterocycles. The van der Waals surface area contributed by atoms with E-state index in [0.29, 0.717) is 11.5 Å². The molecule has 0 saturated heterocycles. The van der Waals surface area contributed by atoms with E-state index in [1.807, 2.05) is 48.5 Å². The molecule has 0 radical (unpaired) electrons. The Morgan fingerprint density at radius 1 is 0.643 bits per heavy atom. The zero-order valence-electron chi connectivity index (χ0n) is 17.4. The normalized spacial score (nSPS) is 10.6. The molecule has 0 aliphatic heterocycles. The number of rotatable bonds is 12. The van der Waals surface area contributed by atoms with E-state index in [0.717, 1.165) is 36.8 Å². The molecule has 3 nitrogen and oxygen atoms in total. The van der Waals surface area contributed by atoms with Gasteiger partial charge in [0.25, 0.3) is 0 Å². The quantitative estimate of drug-likeness (QED) is 0.216. The van der Waals surface area contributed by atoms with Crippen LogP contribution in [0.4, 0.5) is 4.79 Å². The molecule has 2 aromatic rings. The third kappa shape index (κ3) is 7.75. The van der Waals surface area contributed by atoms with Gasteiger partial charge in [0, 0.05) is 0 Å². The van der Waals surface area contributed by atoms with Crippen molar-refractivity contribution < 1.29 is 14.3 Å². The van der Waals surface area contributed by atoms with Gasteiger partial charge in [-0.25, -0.2) is 4.79 Å². The van der Waals surface area contributed by atoms with E-state index in [4.69, 9.17) is 9.47 Å². The summed E-state index contributed by atoms with van der Waals surface area (Å²) in [6.45, 7) is 4.40. The molecule has 0 N–H and O–H groups in total. The minimum absolute atomic E-state index is 0.598. The lowest BCUT2D eigenvalue weighted by molar-refractivity contribution is 0.151. The Balaban J connectivity index is 1.93. The topological polar surface area (TPSA) is 35.5 Å². The van der Waals surface area contributed by atoms with Crippen molar-refractivity contribution in [1.29, 1.82) is 0 Å². The smallest absolute Gasteiger partial charge is 0.394 e. The standard InChI is InChI=1S/C25H34O3/c1-3-5-7-8-10-16-22-18-12-14-20-24(22)28-25(26)27-23-19-13-11-17-21(23)15-9-6-4-2/h11-14,17-20H,3-10,15-16H2,1-2H3. The van der Waals surface area contributed by atoms with Crippen molar-refractivity contribution in [3.8, 4) is 11.5 Å². The summed E-state index contributed by atoms with van der Waals surface area (Å²) in [5.41, 5.74) is 2.12. The minimum atomic E-state index is -0.665. The minimum Gasteiger partial charge on any atom is -0.394 e. The summed E-state index contributed by atoms with van der Waals surface area (Å²) in [5.74, 6) is 1.20. The monoisotopic (exact) mass is 382 g/mol. The van der Waals surface area contributed by atoms with Gasteiger partial charge in [0.05, 0.1) is 0 Å². The third-order valence-electron chi connectivity index (χ3n) is 4.93. The number of aryl methyl sites for hydroxylation is 2. The predicted octanol–water partition coefficient (Wildman–Crippen LogP) is 7.51. The number of ether oxygens (including phenoxy) is 2. The fourth-order valence-corrected chi connectivity index (χ4v) is 3.30. The van der Waals surface area contributed by atoms with Gasteiger partial charge in [0.2, 0.25) is 0 Å². The highest BCUT2D eigenvalue weighted by Gasteiger charge is 2.13. The fourth-order valence-electron chi connectivity index (χ4n) is 3.30. The summed E-state index contributed by atoms with van der Waals surface area (Å²) in [6.07, 6.45) is 10.7. The van der Waals surface area contributed by atoms with Crippen LogP contribution < -0.4 is 9.47 Å². The van der Waals surface area contributed by atoms with E-state index in [9.17, 15) is 4.79 Å². The predicted molar refractivity (Wildman–Crippen MR) is 115 cm³/mol. The zero-order chi connectivity index (χ0) is 20.0. The molecule has 0 unspecified atom stereocenters. The first-order valence-electron chi connectivity index (χ1n) is 10.8. The highest BCUT2D eigenvalue weighted by Crippen LogP contribution is 2.24. The van der Waals surface area contributed by atoms with E-state index in [1.165, 1.54) is 38.5 Å². The van der Waals surface area contributed by atoms with Gasteiger partial charge in [-0.3, -0.25) is 0 Å². The first-order chi connectivity index (χ1) is 13.7. The number of carbonyl (C=O) groups is 1. The SMILES string of the molecule is CCCCCCCc1ccccc1OC(=O)Oc1ccccc1CCCCC. The molecule has 0 saturated carbocycles. The number of benzene rings is 2. The van der Waals surface area contributed by atoms with Crippen LogP contribution in [0.2, 0.25) is 0 Å². The Morgan fingerprint density at radius 2 is 1.07 bits per heavy atom. The molecule has 3 heteroatoms.